The summed E-state index contributed by atoms with van der Waals surface area (Å²) in [5.74, 6) is 1.69. The van der Waals surface area contributed by atoms with Gasteiger partial charge in [0.25, 0.3) is 0 Å². The van der Waals surface area contributed by atoms with E-state index in [2.05, 4.69) is 16.5 Å². The third-order valence-electron chi connectivity index (χ3n) is 5.05. The lowest BCUT2D eigenvalue weighted by Gasteiger charge is -2.30. The number of nitrogens with two attached hydrogens (primary N) is 1. The van der Waals surface area contributed by atoms with Gasteiger partial charge in [0.05, 0.1) is 17.8 Å². The van der Waals surface area contributed by atoms with Crippen LogP contribution in [0.15, 0.2) is 12.3 Å². The highest BCUT2D eigenvalue weighted by atomic mass is 35.5. The second-order valence-corrected chi connectivity index (χ2v) is 6.90. The molecule has 5 nitrogen and oxygen atoms in total. The summed E-state index contributed by atoms with van der Waals surface area (Å²) >= 11 is 6.11. The Morgan fingerprint density at radius 3 is 2.73 bits per heavy atom. The van der Waals surface area contributed by atoms with E-state index in [4.69, 9.17) is 27.1 Å². The SMILES string of the molecule is CC1OC1c1nc2cnc(Cl)cc2n1C1CCC(CN)CC1. The number of hydrogen-bond donors (Lipinski definition) is 1. The zero-order valence-electron chi connectivity index (χ0n) is 12.7. The lowest BCUT2D eigenvalue weighted by molar-refractivity contribution is 0.274. The van der Waals surface area contributed by atoms with Gasteiger partial charge in [-0.15, -0.1) is 0 Å². The number of fused-ring (bicyclic) bond motifs is 1. The van der Waals surface area contributed by atoms with E-state index in [-0.39, 0.29) is 12.2 Å². The third kappa shape index (κ3) is 2.41. The molecule has 2 aliphatic rings. The molecule has 1 aliphatic heterocycles. The molecule has 1 saturated carbocycles. The predicted octanol–water partition coefficient (Wildman–Crippen LogP) is 3.23. The van der Waals surface area contributed by atoms with Crippen molar-refractivity contribution in [2.24, 2.45) is 11.7 Å². The molecule has 2 atom stereocenters. The van der Waals surface area contributed by atoms with Crippen molar-refractivity contribution in [3.05, 3.63) is 23.2 Å². The molecule has 0 aromatic carbocycles. The molecule has 22 heavy (non-hydrogen) atoms. The number of hydrogen-bond acceptors (Lipinski definition) is 4. The largest absolute Gasteiger partial charge is 0.361 e. The van der Waals surface area contributed by atoms with E-state index in [1.165, 1.54) is 12.8 Å². The van der Waals surface area contributed by atoms with Gasteiger partial charge in [0.1, 0.15) is 22.6 Å². The molecule has 0 amide bonds. The zero-order valence-corrected chi connectivity index (χ0v) is 13.5. The highest BCUT2D eigenvalue weighted by Gasteiger charge is 2.41. The first-order valence-corrected chi connectivity index (χ1v) is 8.44. The summed E-state index contributed by atoms with van der Waals surface area (Å²) in [6.07, 6.45) is 6.76. The van der Waals surface area contributed by atoms with Gasteiger partial charge in [-0.05, 0) is 45.1 Å². The van der Waals surface area contributed by atoms with Crippen molar-refractivity contribution in [2.45, 2.75) is 50.9 Å². The summed E-state index contributed by atoms with van der Waals surface area (Å²) < 4.78 is 8.03. The lowest BCUT2D eigenvalue weighted by atomic mass is 9.86. The summed E-state index contributed by atoms with van der Waals surface area (Å²) in [4.78, 5) is 8.94. The van der Waals surface area contributed by atoms with E-state index in [0.29, 0.717) is 17.1 Å². The average molecular weight is 321 g/mol. The summed E-state index contributed by atoms with van der Waals surface area (Å²) in [7, 11) is 0. The Morgan fingerprint density at radius 2 is 2.09 bits per heavy atom. The van der Waals surface area contributed by atoms with E-state index in [9.17, 15) is 0 Å². The maximum absolute atomic E-state index is 6.11. The van der Waals surface area contributed by atoms with Crippen molar-refractivity contribution in [1.29, 1.82) is 0 Å². The van der Waals surface area contributed by atoms with Crippen LogP contribution in [0.25, 0.3) is 11.0 Å². The van der Waals surface area contributed by atoms with Gasteiger partial charge in [-0.1, -0.05) is 11.6 Å². The summed E-state index contributed by atoms with van der Waals surface area (Å²) in [6.45, 7) is 2.88. The fourth-order valence-corrected chi connectivity index (χ4v) is 3.82. The van der Waals surface area contributed by atoms with E-state index in [1.54, 1.807) is 6.20 Å². The van der Waals surface area contributed by atoms with E-state index >= 15 is 0 Å². The van der Waals surface area contributed by atoms with Crippen LogP contribution in [0.4, 0.5) is 0 Å². The molecule has 1 aliphatic carbocycles. The molecule has 2 N–H and O–H groups in total. The smallest absolute Gasteiger partial charge is 0.142 e. The van der Waals surface area contributed by atoms with Crippen LogP contribution < -0.4 is 5.73 Å². The number of nitrogens with zero attached hydrogens (tertiary/aromatic N) is 3. The normalized spacial score (nSPS) is 31.6. The topological polar surface area (TPSA) is 69.3 Å². The summed E-state index contributed by atoms with van der Waals surface area (Å²) in [5.41, 5.74) is 7.80. The summed E-state index contributed by atoms with van der Waals surface area (Å²) in [5, 5.41) is 0.514. The predicted molar refractivity (Wildman–Crippen MR) is 85.9 cm³/mol. The fourth-order valence-electron chi connectivity index (χ4n) is 3.67. The van der Waals surface area contributed by atoms with Crippen LogP contribution in [-0.4, -0.2) is 27.2 Å². The molecule has 3 heterocycles. The Balaban J connectivity index is 1.75. The van der Waals surface area contributed by atoms with Gasteiger partial charge in [0, 0.05) is 12.1 Å². The molecule has 2 fully saturated rings. The number of pyridine rings is 1. The molecule has 0 radical (unpaired) electrons. The van der Waals surface area contributed by atoms with Crippen molar-refractivity contribution in [3.63, 3.8) is 0 Å². The second-order valence-electron chi connectivity index (χ2n) is 6.51. The van der Waals surface area contributed by atoms with Crippen molar-refractivity contribution < 1.29 is 4.74 Å². The number of epoxide rings is 1. The van der Waals surface area contributed by atoms with Gasteiger partial charge in [-0.3, -0.25) is 0 Å². The van der Waals surface area contributed by atoms with E-state index < -0.39 is 0 Å². The van der Waals surface area contributed by atoms with Gasteiger partial charge in [-0.2, -0.15) is 0 Å². The zero-order chi connectivity index (χ0) is 15.3. The van der Waals surface area contributed by atoms with Crippen LogP contribution in [0.1, 0.15) is 50.6 Å². The van der Waals surface area contributed by atoms with Gasteiger partial charge < -0.3 is 15.0 Å². The van der Waals surface area contributed by atoms with Gasteiger partial charge in [0.15, 0.2) is 0 Å². The van der Waals surface area contributed by atoms with Crippen molar-refractivity contribution in [1.82, 2.24) is 14.5 Å². The molecule has 4 rings (SSSR count). The Hall–Kier alpha value is -1.17. The van der Waals surface area contributed by atoms with Crippen LogP contribution in [0, 0.1) is 5.92 Å². The molecular formula is C16H21ClN4O. The molecule has 0 bridgehead atoms. The molecule has 1 saturated heterocycles. The first kappa shape index (κ1) is 14.4. The maximum Gasteiger partial charge on any atom is 0.142 e. The number of imidazole rings is 1. The fraction of sp³-hybridized carbons (Fsp3) is 0.625. The van der Waals surface area contributed by atoms with E-state index in [1.807, 2.05) is 6.07 Å². The number of rotatable bonds is 3. The molecule has 6 heteroatoms. The highest BCUT2D eigenvalue weighted by Crippen LogP contribution is 2.43. The van der Waals surface area contributed by atoms with Crippen LogP contribution in [-0.2, 0) is 4.74 Å². The third-order valence-corrected chi connectivity index (χ3v) is 5.26. The molecule has 2 aromatic rings. The van der Waals surface area contributed by atoms with Gasteiger partial charge >= 0.3 is 0 Å². The average Bonchev–Trinajstić information content (AvgIpc) is 3.14. The van der Waals surface area contributed by atoms with Crippen LogP contribution in [0.5, 0.6) is 0 Å². The maximum atomic E-state index is 6.11. The summed E-state index contributed by atoms with van der Waals surface area (Å²) in [6, 6.07) is 2.38. The quantitative estimate of drug-likeness (QED) is 0.696. The van der Waals surface area contributed by atoms with Gasteiger partial charge in [0.2, 0.25) is 0 Å². The molecule has 0 spiro atoms. The Bertz CT molecular complexity index is 693. The Kier molecular flexibility index (Phi) is 3.59. The van der Waals surface area contributed by atoms with Gasteiger partial charge in [-0.25, -0.2) is 9.97 Å². The second kappa shape index (κ2) is 5.48. The number of ether oxygens (including phenoxy) is 1. The lowest BCUT2D eigenvalue weighted by Crippen LogP contribution is -2.24. The van der Waals surface area contributed by atoms with Crippen LogP contribution >= 0.6 is 11.6 Å². The van der Waals surface area contributed by atoms with Crippen LogP contribution in [0.3, 0.4) is 0 Å². The first-order valence-electron chi connectivity index (χ1n) is 8.06. The Morgan fingerprint density at radius 1 is 1.36 bits per heavy atom. The Labute approximate surface area is 134 Å². The minimum atomic E-state index is 0.110. The number of halogens is 1. The number of aromatic nitrogens is 3. The monoisotopic (exact) mass is 320 g/mol. The van der Waals surface area contributed by atoms with Crippen molar-refractivity contribution in [2.75, 3.05) is 6.54 Å². The minimum absolute atomic E-state index is 0.110. The molecular weight excluding hydrogens is 300 g/mol. The van der Waals surface area contributed by atoms with Crippen molar-refractivity contribution >= 4 is 22.6 Å². The first-order chi connectivity index (χ1) is 10.7. The molecule has 2 unspecified atom stereocenters. The van der Waals surface area contributed by atoms with E-state index in [0.717, 1.165) is 36.2 Å². The standard InChI is InChI=1S/C16H21ClN4O/c1-9-15(22-9)16-20-12-8-19-14(17)6-13(12)21(16)11-4-2-10(7-18)3-5-11/h6,8-11,15H,2-5,7,18H2,1H3. The van der Waals surface area contributed by atoms with Crippen molar-refractivity contribution in [3.8, 4) is 0 Å². The molecule has 118 valence electrons. The highest BCUT2D eigenvalue weighted by molar-refractivity contribution is 6.29. The van der Waals surface area contributed by atoms with Crippen LogP contribution in [0.2, 0.25) is 5.15 Å². The molecule has 2 aromatic heterocycles. The minimum Gasteiger partial charge on any atom is -0.361 e.